The van der Waals surface area contributed by atoms with Gasteiger partial charge < -0.3 is 14.5 Å². The minimum Gasteiger partial charge on any atom is -0.379 e. The number of amides is 2. The molecule has 0 aromatic heterocycles. The standard InChI is InChI=1S/C14H22N2O3/c1-10-12(17)15-7-3-5-11(15)13(18)16(10)14(2)6-4-8-19-9-14/h10-11H,3-9H2,1-2H3. The number of rotatable bonds is 1. The van der Waals surface area contributed by atoms with Gasteiger partial charge in [-0.1, -0.05) is 0 Å². The summed E-state index contributed by atoms with van der Waals surface area (Å²) < 4.78 is 5.56. The van der Waals surface area contributed by atoms with E-state index in [0.717, 1.165) is 38.8 Å². The van der Waals surface area contributed by atoms with Gasteiger partial charge in [0.15, 0.2) is 0 Å². The third kappa shape index (κ3) is 1.86. The van der Waals surface area contributed by atoms with Gasteiger partial charge in [0.25, 0.3) is 0 Å². The van der Waals surface area contributed by atoms with E-state index in [4.69, 9.17) is 4.74 Å². The molecule has 0 aromatic carbocycles. The van der Waals surface area contributed by atoms with Crippen molar-refractivity contribution in [2.24, 2.45) is 0 Å². The van der Waals surface area contributed by atoms with Gasteiger partial charge in [0.2, 0.25) is 11.8 Å². The van der Waals surface area contributed by atoms with Crippen LogP contribution in [0.1, 0.15) is 39.5 Å². The van der Waals surface area contributed by atoms with Gasteiger partial charge in [0.1, 0.15) is 12.1 Å². The predicted octanol–water partition coefficient (Wildman–Crippen LogP) is 0.777. The number of carbonyl (C=O) groups is 2. The molecule has 3 aliphatic rings. The molecule has 5 nitrogen and oxygen atoms in total. The van der Waals surface area contributed by atoms with Crippen molar-refractivity contribution >= 4 is 11.8 Å². The highest BCUT2D eigenvalue weighted by Gasteiger charge is 2.52. The number of nitrogens with zero attached hydrogens (tertiary/aromatic N) is 2. The molecule has 2 amide bonds. The van der Waals surface area contributed by atoms with E-state index in [0.29, 0.717) is 6.61 Å². The number of hydrogen-bond acceptors (Lipinski definition) is 3. The normalized spacial score (nSPS) is 39.7. The van der Waals surface area contributed by atoms with Crippen molar-refractivity contribution in [2.45, 2.75) is 57.2 Å². The lowest BCUT2D eigenvalue weighted by Gasteiger charge is -2.51. The van der Waals surface area contributed by atoms with Gasteiger partial charge in [-0.3, -0.25) is 9.59 Å². The van der Waals surface area contributed by atoms with E-state index in [2.05, 4.69) is 6.92 Å². The zero-order valence-electron chi connectivity index (χ0n) is 11.7. The molecule has 0 N–H and O–H groups in total. The molecule has 0 saturated carbocycles. The predicted molar refractivity (Wildman–Crippen MR) is 69.5 cm³/mol. The Morgan fingerprint density at radius 3 is 2.74 bits per heavy atom. The number of carbonyl (C=O) groups excluding carboxylic acids is 2. The van der Waals surface area contributed by atoms with Gasteiger partial charge in [-0.15, -0.1) is 0 Å². The van der Waals surface area contributed by atoms with Gasteiger partial charge in [-0.05, 0) is 39.5 Å². The minimum absolute atomic E-state index is 0.105. The summed E-state index contributed by atoms with van der Waals surface area (Å²) in [6.45, 7) is 5.95. The maximum absolute atomic E-state index is 12.7. The van der Waals surface area contributed by atoms with Crippen molar-refractivity contribution in [1.82, 2.24) is 9.80 Å². The Hall–Kier alpha value is -1.10. The third-order valence-electron chi connectivity index (χ3n) is 4.80. The Morgan fingerprint density at radius 2 is 2.05 bits per heavy atom. The Bertz CT molecular complexity index is 403. The maximum atomic E-state index is 12.7. The summed E-state index contributed by atoms with van der Waals surface area (Å²) in [7, 11) is 0. The van der Waals surface area contributed by atoms with E-state index in [9.17, 15) is 9.59 Å². The van der Waals surface area contributed by atoms with E-state index >= 15 is 0 Å². The molecule has 3 heterocycles. The fourth-order valence-electron chi connectivity index (χ4n) is 3.83. The number of ether oxygens (including phenoxy) is 1. The lowest BCUT2D eigenvalue weighted by atomic mass is 9.88. The molecule has 0 bridgehead atoms. The van der Waals surface area contributed by atoms with E-state index in [1.807, 2.05) is 11.8 Å². The van der Waals surface area contributed by atoms with Crippen LogP contribution in [-0.2, 0) is 14.3 Å². The van der Waals surface area contributed by atoms with Crippen LogP contribution in [0.15, 0.2) is 0 Å². The fraction of sp³-hybridized carbons (Fsp3) is 0.857. The molecule has 3 fully saturated rings. The summed E-state index contributed by atoms with van der Waals surface area (Å²) in [5, 5.41) is 0. The van der Waals surface area contributed by atoms with E-state index in [1.54, 1.807) is 4.90 Å². The van der Waals surface area contributed by atoms with Gasteiger partial charge >= 0.3 is 0 Å². The summed E-state index contributed by atoms with van der Waals surface area (Å²) in [4.78, 5) is 28.8. The molecule has 3 saturated heterocycles. The molecular weight excluding hydrogens is 244 g/mol. The molecule has 19 heavy (non-hydrogen) atoms. The van der Waals surface area contributed by atoms with E-state index in [-0.39, 0.29) is 29.4 Å². The Labute approximate surface area is 113 Å². The van der Waals surface area contributed by atoms with Crippen LogP contribution in [0.2, 0.25) is 0 Å². The van der Waals surface area contributed by atoms with Gasteiger partial charge in [-0.2, -0.15) is 0 Å². The average Bonchev–Trinajstić information content (AvgIpc) is 2.86. The van der Waals surface area contributed by atoms with Crippen LogP contribution >= 0.6 is 0 Å². The first-order valence-corrected chi connectivity index (χ1v) is 7.26. The highest BCUT2D eigenvalue weighted by atomic mass is 16.5. The summed E-state index contributed by atoms with van der Waals surface area (Å²) in [6.07, 6.45) is 3.62. The Balaban J connectivity index is 1.91. The molecule has 106 valence electrons. The summed E-state index contributed by atoms with van der Waals surface area (Å²) >= 11 is 0. The van der Waals surface area contributed by atoms with Gasteiger partial charge in [0, 0.05) is 13.2 Å². The highest BCUT2D eigenvalue weighted by Crippen LogP contribution is 2.35. The van der Waals surface area contributed by atoms with Gasteiger partial charge in [0.05, 0.1) is 12.1 Å². The van der Waals surface area contributed by atoms with E-state index < -0.39 is 0 Å². The van der Waals surface area contributed by atoms with Crippen molar-refractivity contribution in [1.29, 1.82) is 0 Å². The summed E-state index contributed by atoms with van der Waals surface area (Å²) in [5.74, 6) is 0.228. The van der Waals surface area contributed by atoms with Crippen molar-refractivity contribution in [3.8, 4) is 0 Å². The quantitative estimate of drug-likeness (QED) is 0.704. The monoisotopic (exact) mass is 266 g/mol. The fourth-order valence-corrected chi connectivity index (χ4v) is 3.83. The zero-order chi connectivity index (χ0) is 13.6. The van der Waals surface area contributed by atoms with Crippen LogP contribution in [0.3, 0.4) is 0 Å². The summed E-state index contributed by atoms with van der Waals surface area (Å²) in [5.41, 5.74) is -0.320. The number of fused-ring (bicyclic) bond motifs is 1. The van der Waals surface area contributed by atoms with Gasteiger partial charge in [-0.25, -0.2) is 0 Å². The SMILES string of the molecule is CC1C(=O)N2CCCC2C(=O)N1C1(C)CCCOC1. The first kappa shape index (κ1) is 12.9. The smallest absolute Gasteiger partial charge is 0.246 e. The van der Waals surface area contributed by atoms with Crippen LogP contribution in [0.25, 0.3) is 0 Å². The van der Waals surface area contributed by atoms with Crippen LogP contribution < -0.4 is 0 Å². The van der Waals surface area contributed by atoms with Crippen LogP contribution in [0.5, 0.6) is 0 Å². The average molecular weight is 266 g/mol. The molecule has 0 spiro atoms. The molecule has 0 aliphatic carbocycles. The molecule has 3 unspecified atom stereocenters. The van der Waals surface area contributed by atoms with Crippen molar-refractivity contribution in [3.05, 3.63) is 0 Å². The molecule has 5 heteroatoms. The Kier molecular flexibility index (Phi) is 3.04. The zero-order valence-corrected chi connectivity index (χ0v) is 11.7. The Morgan fingerprint density at radius 1 is 1.26 bits per heavy atom. The number of hydrogen-bond donors (Lipinski definition) is 0. The molecule has 3 rings (SSSR count). The van der Waals surface area contributed by atoms with Crippen LogP contribution in [-0.4, -0.2) is 59.0 Å². The number of piperazine rings is 1. The third-order valence-corrected chi connectivity index (χ3v) is 4.80. The lowest BCUT2D eigenvalue weighted by molar-refractivity contribution is -0.171. The first-order valence-electron chi connectivity index (χ1n) is 7.26. The second kappa shape index (κ2) is 4.47. The highest BCUT2D eigenvalue weighted by molar-refractivity contribution is 5.97. The molecule has 0 aromatic rings. The van der Waals surface area contributed by atoms with Crippen LogP contribution in [0.4, 0.5) is 0 Å². The molecule has 0 radical (unpaired) electrons. The second-order valence-corrected chi connectivity index (χ2v) is 6.23. The molecule has 3 aliphatic heterocycles. The van der Waals surface area contributed by atoms with Crippen molar-refractivity contribution in [2.75, 3.05) is 19.8 Å². The van der Waals surface area contributed by atoms with Crippen molar-refractivity contribution < 1.29 is 14.3 Å². The van der Waals surface area contributed by atoms with Crippen LogP contribution in [0, 0.1) is 0 Å². The second-order valence-electron chi connectivity index (χ2n) is 6.23. The minimum atomic E-state index is -0.353. The first-order chi connectivity index (χ1) is 9.04. The maximum Gasteiger partial charge on any atom is 0.246 e. The summed E-state index contributed by atoms with van der Waals surface area (Å²) in [6, 6.07) is -0.573. The lowest BCUT2D eigenvalue weighted by Crippen LogP contribution is -2.69. The van der Waals surface area contributed by atoms with Crippen molar-refractivity contribution in [3.63, 3.8) is 0 Å². The largest absolute Gasteiger partial charge is 0.379 e. The molecular formula is C14H22N2O3. The topological polar surface area (TPSA) is 49.9 Å². The van der Waals surface area contributed by atoms with E-state index in [1.165, 1.54) is 0 Å². The molecule has 3 atom stereocenters.